The smallest absolute Gasteiger partial charge is 0.283 e. The molecule has 0 saturated carbocycles. The molecule has 4 aromatic rings. The Bertz CT molecular complexity index is 1630. The van der Waals surface area contributed by atoms with Crippen LogP contribution in [0.4, 0.5) is 30.7 Å². The molecule has 2 amide bonds. The van der Waals surface area contributed by atoms with Crippen LogP contribution in [0.25, 0.3) is 11.1 Å². The fourth-order valence-electron chi connectivity index (χ4n) is 4.32. The maximum absolute atomic E-state index is 14.2. The third-order valence-corrected chi connectivity index (χ3v) is 6.88. The predicted molar refractivity (Wildman–Crippen MR) is 139 cm³/mol. The summed E-state index contributed by atoms with van der Waals surface area (Å²) in [4.78, 5) is 29.1. The largest absolute Gasteiger partial charge is 0.366 e. The molecule has 2 heterocycles. The van der Waals surface area contributed by atoms with Crippen molar-refractivity contribution in [2.75, 3.05) is 0 Å². The Hall–Kier alpha value is -4.27. The maximum Gasteiger partial charge on any atom is 0.283 e. The van der Waals surface area contributed by atoms with Crippen LogP contribution in [-0.4, -0.2) is 26.6 Å². The van der Waals surface area contributed by atoms with Crippen molar-refractivity contribution in [1.29, 1.82) is 0 Å². The van der Waals surface area contributed by atoms with Crippen molar-refractivity contribution in [3.8, 4) is 11.1 Å². The van der Waals surface area contributed by atoms with E-state index in [1.165, 1.54) is 24.4 Å². The summed E-state index contributed by atoms with van der Waals surface area (Å²) in [5, 5.41) is 5.97. The zero-order valence-corrected chi connectivity index (χ0v) is 22.7. The van der Waals surface area contributed by atoms with Crippen LogP contribution in [0, 0.1) is 17.5 Å². The molecule has 4 rings (SSSR count). The van der Waals surface area contributed by atoms with Gasteiger partial charge in [0.15, 0.2) is 0 Å². The number of hydrogen-bond acceptors (Lipinski definition) is 4. The van der Waals surface area contributed by atoms with Crippen LogP contribution in [0.3, 0.4) is 0 Å². The molecule has 15 heteroatoms. The quantitative estimate of drug-likeness (QED) is 0.198. The molecule has 42 heavy (non-hydrogen) atoms. The summed E-state index contributed by atoms with van der Waals surface area (Å²) in [5.41, 5.74) is 3.55. The lowest BCUT2D eigenvalue weighted by atomic mass is 9.94. The van der Waals surface area contributed by atoms with Crippen LogP contribution < -0.4 is 11.1 Å². The van der Waals surface area contributed by atoms with Gasteiger partial charge in [-0.2, -0.15) is 5.10 Å². The second-order valence-corrected chi connectivity index (χ2v) is 9.73. The van der Waals surface area contributed by atoms with Gasteiger partial charge in [-0.05, 0) is 63.8 Å². The summed E-state index contributed by atoms with van der Waals surface area (Å²) in [5.74, 6) is -4.75. The fourth-order valence-corrected chi connectivity index (χ4v) is 4.95. The topological polar surface area (TPSA) is 103 Å². The first-order valence-corrected chi connectivity index (χ1v) is 12.8. The number of hydrogen-bond donors (Lipinski definition) is 2. The normalized spacial score (nSPS) is 12.1. The second-order valence-electron chi connectivity index (χ2n) is 8.94. The van der Waals surface area contributed by atoms with Gasteiger partial charge >= 0.3 is 0 Å². The van der Waals surface area contributed by atoms with Gasteiger partial charge in [0, 0.05) is 17.8 Å². The molecule has 0 aliphatic rings. The molecule has 220 valence electrons. The fraction of sp³-hybridized carbons (Fsp3) is 0.185. The summed E-state index contributed by atoms with van der Waals surface area (Å²) in [6.07, 6.45) is -5.43. The van der Waals surface area contributed by atoms with Gasteiger partial charge in [-0.1, -0.05) is 12.1 Å². The molecule has 0 unspecified atom stereocenters. The van der Waals surface area contributed by atoms with E-state index in [4.69, 9.17) is 5.73 Å². The van der Waals surface area contributed by atoms with Crippen molar-refractivity contribution in [1.82, 2.24) is 20.1 Å². The number of carbonyl (C=O) groups excluding carboxylic acids is 2. The number of pyridine rings is 1. The number of benzene rings is 2. The van der Waals surface area contributed by atoms with Crippen molar-refractivity contribution in [2.45, 2.75) is 31.9 Å². The number of alkyl halides is 4. The first kappa shape index (κ1) is 30.7. The highest BCUT2D eigenvalue weighted by Gasteiger charge is 2.29. The number of amides is 2. The van der Waals surface area contributed by atoms with Crippen molar-refractivity contribution in [3.05, 3.63) is 105 Å². The van der Waals surface area contributed by atoms with Gasteiger partial charge in [-0.15, -0.1) is 0 Å². The third-order valence-electron chi connectivity index (χ3n) is 6.07. The molecule has 0 aliphatic carbocycles. The highest BCUT2D eigenvalue weighted by atomic mass is 79.9. The van der Waals surface area contributed by atoms with E-state index in [9.17, 15) is 40.3 Å². The van der Waals surface area contributed by atoms with Gasteiger partial charge in [0.05, 0.1) is 21.8 Å². The Kier molecular flexibility index (Phi) is 9.29. The summed E-state index contributed by atoms with van der Waals surface area (Å²) in [7, 11) is 0. The minimum atomic E-state index is -3.27. The van der Waals surface area contributed by atoms with Crippen molar-refractivity contribution in [3.63, 3.8) is 0 Å². The lowest BCUT2D eigenvalue weighted by Crippen LogP contribution is -2.34. The van der Waals surface area contributed by atoms with E-state index in [0.29, 0.717) is 10.7 Å². The lowest BCUT2D eigenvalue weighted by molar-refractivity contribution is -0.122. The molecule has 0 fully saturated rings. The SMILES string of the molecule is NC(=O)c1cc(-c2cccnc2[C@H](Cc2cc(F)cc(F)c2)NC(=O)Cn2nc(C(F)F)c(Br)c2C(F)F)ccc1F. The second kappa shape index (κ2) is 12.7. The van der Waals surface area contributed by atoms with E-state index < -0.39 is 76.1 Å². The van der Waals surface area contributed by atoms with Crippen molar-refractivity contribution in [2.24, 2.45) is 5.73 Å². The van der Waals surface area contributed by atoms with Gasteiger partial charge in [-0.25, -0.2) is 30.7 Å². The average Bonchev–Trinajstić information content (AvgIpc) is 3.23. The van der Waals surface area contributed by atoms with Gasteiger partial charge in [0.25, 0.3) is 18.8 Å². The molecule has 2 aromatic carbocycles. The van der Waals surface area contributed by atoms with Crippen molar-refractivity contribution >= 4 is 27.7 Å². The van der Waals surface area contributed by atoms with Crippen LogP contribution in [0.2, 0.25) is 0 Å². The molecule has 0 spiro atoms. The minimum absolute atomic E-state index is 0.0708. The molecule has 3 N–H and O–H groups in total. The number of nitrogens with one attached hydrogen (secondary N) is 1. The molecule has 1 atom stereocenters. The number of nitrogens with two attached hydrogens (primary N) is 1. The molecule has 7 nitrogen and oxygen atoms in total. The van der Waals surface area contributed by atoms with Crippen LogP contribution in [0.1, 0.15) is 51.9 Å². The van der Waals surface area contributed by atoms with Crippen LogP contribution >= 0.6 is 15.9 Å². The van der Waals surface area contributed by atoms with Crippen molar-refractivity contribution < 1.29 is 40.3 Å². The van der Waals surface area contributed by atoms with E-state index in [1.54, 1.807) is 0 Å². The molecule has 0 aliphatic heterocycles. The summed E-state index contributed by atoms with van der Waals surface area (Å²) in [6.45, 7) is -0.927. The first-order chi connectivity index (χ1) is 19.8. The molecular weight excluding hydrogens is 639 g/mol. The van der Waals surface area contributed by atoms with E-state index >= 15 is 0 Å². The van der Waals surface area contributed by atoms with E-state index in [2.05, 4.69) is 31.3 Å². The zero-order valence-electron chi connectivity index (χ0n) is 21.1. The number of primary amides is 1. The highest BCUT2D eigenvalue weighted by molar-refractivity contribution is 9.10. The Labute approximate surface area is 241 Å². The Morgan fingerprint density at radius 2 is 1.64 bits per heavy atom. The standard InChI is InChI=1S/C27H19BrF7N5O2/c28-21-23(25(32)33)39-40(24(21)26(34)35)11-20(41)38-19(8-12-6-14(29)10-15(30)7-12)22-16(2-1-5-37-22)13-3-4-18(31)17(9-13)27(36)42/h1-7,9-10,19,25-26H,8,11H2,(H2,36,42)(H,38,41)/t19-/m0/s1. The number of aromatic nitrogens is 3. The van der Waals surface area contributed by atoms with Gasteiger partial charge < -0.3 is 11.1 Å². The monoisotopic (exact) mass is 657 g/mol. The average molecular weight is 658 g/mol. The number of carbonyl (C=O) groups is 2. The number of nitrogens with zero attached hydrogens (tertiary/aromatic N) is 3. The zero-order chi connectivity index (χ0) is 30.7. The molecule has 0 bridgehead atoms. The molecular formula is C27H19BrF7N5O2. The van der Waals surface area contributed by atoms with Gasteiger partial charge in [0.1, 0.15) is 35.4 Å². The van der Waals surface area contributed by atoms with Gasteiger partial charge in [-0.3, -0.25) is 19.3 Å². The summed E-state index contributed by atoms with van der Waals surface area (Å²) >= 11 is 2.68. The summed E-state index contributed by atoms with van der Waals surface area (Å²) in [6, 6.07) is 7.91. The van der Waals surface area contributed by atoms with E-state index in [-0.39, 0.29) is 28.8 Å². The highest BCUT2D eigenvalue weighted by Crippen LogP contribution is 2.35. The molecule has 0 saturated heterocycles. The van der Waals surface area contributed by atoms with Crippen LogP contribution in [-0.2, 0) is 17.8 Å². The third kappa shape index (κ3) is 6.78. The molecule has 2 aromatic heterocycles. The number of rotatable bonds is 10. The Morgan fingerprint density at radius 1 is 0.952 bits per heavy atom. The maximum atomic E-state index is 14.2. The first-order valence-electron chi connectivity index (χ1n) is 12.0. The van der Waals surface area contributed by atoms with E-state index in [0.717, 1.165) is 24.3 Å². The van der Waals surface area contributed by atoms with Gasteiger partial charge in [0.2, 0.25) is 5.91 Å². The Balaban J connectivity index is 1.76. The summed E-state index contributed by atoms with van der Waals surface area (Å²) < 4.78 is 95.8. The predicted octanol–water partition coefficient (Wildman–Crippen LogP) is 6.20. The lowest BCUT2D eigenvalue weighted by Gasteiger charge is -2.22. The number of halogens is 8. The van der Waals surface area contributed by atoms with E-state index in [1.807, 2.05) is 0 Å². The van der Waals surface area contributed by atoms with Crippen LogP contribution in [0.5, 0.6) is 0 Å². The molecule has 0 radical (unpaired) electrons. The van der Waals surface area contributed by atoms with Crippen LogP contribution in [0.15, 0.2) is 59.2 Å². The Morgan fingerprint density at radius 3 is 2.26 bits per heavy atom. The minimum Gasteiger partial charge on any atom is -0.366 e.